The van der Waals surface area contributed by atoms with Crippen LogP contribution < -0.4 is 14.2 Å². The highest BCUT2D eigenvalue weighted by Crippen LogP contribution is 2.34. The van der Waals surface area contributed by atoms with Crippen LogP contribution in [0, 0.1) is 0 Å². The van der Waals surface area contributed by atoms with E-state index in [1.165, 1.54) is 24.5 Å². The highest BCUT2D eigenvalue weighted by molar-refractivity contribution is 7.89. The first-order valence-corrected chi connectivity index (χ1v) is 12.0. The number of amides is 1. The first-order chi connectivity index (χ1) is 15.8. The van der Waals surface area contributed by atoms with Crippen LogP contribution in [0.3, 0.4) is 0 Å². The highest BCUT2D eigenvalue weighted by atomic mass is 35.5. The maximum absolute atomic E-state index is 13.2. The second-order valence-electron chi connectivity index (χ2n) is 7.50. The SMILES string of the molecule is COc1cc2c(cc1OC)CN(C(=O)c1ccc(Cl)c(S(=O)(=O)NCc3ccco3)c1)CC2. The van der Waals surface area contributed by atoms with Crippen LogP contribution in [0.2, 0.25) is 5.02 Å². The van der Waals surface area contributed by atoms with E-state index in [2.05, 4.69) is 4.72 Å². The molecule has 1 amide bonds. The molecule has 0 unspecified atom stereocenters. The van der Waals surface area contributed by atoms with Gasteiger partial charge in [-0.1, -0.05) is 11.6 Å². The van der Waals surface area contributed by atoms with Gasteiger partial charge in [-0.2, -0.15) is 0 Å². The predicted molar refractivity (Wildman–Crippen MR) is 122 cm³/mol. The molecule has 1 N–H and O–H groups in total. The van der Waals surface area contributed by atoms with Gasteiger partial charge in [0.15, 0.2) is 11.5 Å². The van der Waals surface area contributed by atoms with Gasteiger partial charge in [-0.25, -0.2) is 13.1 Å². The summed E-state index contributed by atoms with van der Waals surface area (Å²) in [6.45, 7) is 0.830. The lowest BCUT2D eigenvalue weighted by molar-refractivity contribution is 0.0734. The third kappa shape index (κ3) is 4.85. The average molecular weight is 491 g/mol. The molecule has 1 aliphatic rings. The summed E-state index contributed by atoms with van der Waals surface area (Å²) < 4.78 is 43.9. The second kappa shape index (κ2) is 9.46. The van der Waals surface area contributed by atoms with Crippen molar-refractivity contribution in [3.63, 3.8) is 0 Å². The quantitative estimate of drug-likeness (QED) is 0.543. The summed E-state index contributed by atoms with van der Waals surface area (Å²) in [5, 5.41) is 0.0271. The Kier molecular flexibility index (Phi) is 6.64. The summed E-state index contributed by atoms with van der Waals surface area (Å²) in [7, 11) is -0.819. The van der Waals surface area contributed by atoms with Gasteiger partial charge in [-0.3, -0.25) is 4.79 Å². The zero-order valence-corrected chi connectivity index (χ0v) is 19.7. The van der Waals surface area contributed by atoms with Crippen LogP contribution in [-0.2, 0) is 29.5 Å². The monoisotopic (exact) mass is 490 g/mol. The van der Waals surface area contributed by atoms with E-state index in [1.807, 2.05) is 12.1 Å². The molecule has 0 spiro atoms. The molecule has 3 aromatic rings. The van der Waals surface area contributed by atoms with Gasteiger partial charge in [0.05, 0.1) is 32.1 Å². The number of benzene rings is 2. The van der Waals surface area contributed by atoms with Crippen molar-refractivity contribution >= 4 is 27.5 Å². The molecule has 4 rings (SSSR count). The van der Waals surface area contributed by atoms with E-state index in [0.717, 1.165) is 11.1 Å². The first kappa shape index (κ1) is 23.2. The zero-order valence-electron chi connectivity index (χ0n) is 18.1. The zero-order chi connectivity index (χ0) is 23.6. The van der Waals surface area contributed by atoms with Gasteiger partial charge in [0.1, 0.15) is 10.7 Å². The molecule has 33 heavy (non-hydrogen) atoms. The fourth-order valence-electron chi connectivity index (χ4n) is 3.74. The number of fused-ring (bicyclic) bond motifs is 1. The van der Waals surface area contributed by atoms with Crippen LogP contribution in [0.25, 0.3) is 0 Å². The molecule has 1 aromatic heterocycles. The molecule has 0 aliphatic carbocycles. The van der Waals surface area contributed by atoms with E-state index < -0.39 is 10.0 Å². The maximum atomic E-state index is 13.2. The second-order valence-corrected chi connectivity index (χ2v) is 9.64. The molecule has 1 aliphatic heterocycles. The third-order valence-corrected chi connectivity index (χ3v) is 7.37. The van der Waals surface area contributed by atoms with Gasteiger partial charge in [0, 0.05) is 18.7 Å². The number of hydrogen-bond donors (Lipinski definition) is 1. The number of methoxy groups -OCH3 is 2. The van der Waals surface area contributed by atoms with Crippen molar-refractivity contribution in [2.45, 2.75) is 24.4 Å². The van der Waals surface area contributed by atoms with Crippen molar-refractivity contribution in [2.24, 2.45) is 0 Å². The summed E-state index contributed by atoms with van der Waals surface area (Å²) in [6.07, 6.45) is 2.10. The Bertz CT molecular complexity index is 1270. The van der Waals surface area contributed by atoms with Crippen LogP contribution in [0.5, 0.6) is 11.5 Å². The normalized spacial score (nSPS) is 13.5. The van der Waals surface area contributed by atoms with Gasteiger partial charge >= 0.3 is 0 Å². The van der Waals surface area contributed by atoms with Crippen LogP contribution in [0.15, 0.2) is 58.0 Å². The molecule has 2 heterocycles. The number of ether oxygens (including phenoxy) is 2. The lowest BCUT2D eigenvalue weighted by atomic mass is 9.98. The molecule has 8 nitrogen and oxygen atoms in total. The molecule has 0 fully saturated rings. The molecule has 0 saturated heterocycles. The smallest absolute Gasteiger partial charge is 0.254 e. The van der Waals surface area contributed by atoms with Crippen LogP contribution in [0.1, 0.15) is 27.2 Å². The third-order valence-electron chi connectivity index (χ3n) is 5.49. The van der Waals surface area contributed by atoms with Gasteiger partial charge in [0.2, 0.25) is 10.0 Å². The molecule has 174 valence electrons. The molecule has 2 aromatic carbocycles. The van der Waals surface area contributed by atoms with E-state index in [0.29, 0.717) is 36.8 Å². The van der Waals surface area contributed by atoms with Crippen molar-refractivity contribution in [2.75, 3.05) is 20.8 Å². The van der Waals surface area contributed by atoms with E-state index in [4.69, 9.17) is 25.5 Å². The predicted octanol–water partition coefficient (Wildman–Crippen LogP) is 3.63. The average Bonchev–Trinajstić information content (AvgIpc) is 3.35. The summed E-state index contributed by atoms with van der Waals surface area (Å²) in [5.74, 6) is 1.41. The Morgan fingerprint density at radius 2 is 1.85 bits per heavy atom. The standard InChI is InChI=1S/C23H23ClN2O6S/c1-30-20-10-15-7-8-26(14-17(15)11-21(20)31-2)23(27)16-5-6-19(24)22(12-16)33(28,29)25-13-18-4-3-9-32-18/h3-6,9-12,25H,7-8,13-14H2,1-2H3. The minimum Gasteiger partial charge on any atom is -0.493 e. The van der Waals surface area contributed by atoms with Crippen LogP contribution in [0.4, 0.5) is 0 Å². The fourth-order valence-corrected chi connectivity index (χ4v) is 5.26. The van der Waals surface area contributed by atoms with Crippen molar-refractivity contribution in [3.05, 3.63) is 76.2 Å². The summed E-state index contributed by atoms with van der Waals surface area (Å²) in [5.41, 5.74) is 2.27. The number of rotatable bonds is 7. The number of furan rings is 1. The molecule has 0 radical (unpaired) electrons. The lowest BCUT2D eigenvalue weighted by Crippen LogP contribution is -2.36. The van der Waals surface area contributed by atoms with Crippen LogP contribution in [-0.4, -0.2) is 40.0 Å². The Labute approximate surface area is 197 Å². The Morgan fingerprint density at radius 1 is 1.12 bits per heavy atom. The Balaban J connectivity index is 1.56. The van der Waals surface area contributed by atoms with Crippen molar-refractivity contribution in [1.82, 2.24) is 9.62 Å². The molecular formula is C23H23ClN2O6S. The number of hydrogen-bond acceptors (Lipinski definition) is 6. The largest absolute Gasteiger partial charge is 0.493 e. The molecule has 10 heteroatoms. The van der Waals surface area contributed by atoms with Gasteiger partial charge in [-0.05, 0) is 60.0 Å². The molecular weight excluding hydrogens is 468 g/mol. The summed E-state index contributed by atoms with van der Waals surface area (Å²) in [4.78, 5) is 14.7. The van der Waals surface area contributed by atoms with Crippen molar-refractivity contribution < 1.29 is 27.1 Å². The maximum Gasteiger partial charge on any atom is 0.254 e. The topological polar surface area (TPSA) is 98.1 Å². The van der Waals surface area contributed by atoms with E-state index >= 15 is 0 Å². The van der Waals surface area contributed by atoms with Crippen molar-refractivity contribution in [3.8, 4) is 11.5 Å². The fraction of sp³-hybridized carbons (Fsp3) is 0.261. The van der Waals surface area contributed by atoms with Gasteiger partial charge in [-0.15, -0.1) is 0 Å². The summed E-state index contributed by atoms with van der Waals surface area (Å²) >= 11 is 6.17. The molecule has 0 saturated carbocycles. The number of nitrogens with zero attached hydrogens (tertiary/aromatic N) is 1. The van der Waals surface area contributed by atoms with Crippen molar-refractivity contribution in [1.29, 1.82) is 0 Å². The van der Waals surface area contributed by atoms with E-state index in [1.54, 1.807) is 31.3 Å². The number of halogens is 1. The highest BCUT2D eigenvalue weighted by Gasteiger charge is 2.26. The number of carbonyl (C=O) groups is 1. The first-order valence-electron chi connectivity index (χ1n) is 10.2. The van der Waals surface area contributed by atoms with Gasteiger partial charge in [0.25, 0.3) is 5.91 Å². The van der Waals surface area contributed by atoms with E-state index in [9.17, 15) is 13.2 Å². The number of nitrogens with one attached hydrogen (secondary N) is 1. The Morgan fingerprint density at radius 3 is 2.52 bits per heavy atom. The molecule has 0 bridgehead atoms. The number of sulfonamides is 1. The summed E-state index contributed by atoms with van der Waals surface area (Å²) in [6, 6.07) is 11.4. The van der Waals surface area contributed by atoms with E-state index in [-0.39, 0.29) is 27.9 Å². The minimum atomic E-state index is -3.96. The lowest BCUT2D eigenvalue weighted by Gasteiger charge is -2.30. The molecule has 0 atom stereocenters. The van der Waals surface area contributed by atoms with Gasteiger partial charge < -0.3 is 18.8 Å². The van der Waals surface area contributed by atoms with Crippen LogP contribution >= 0.6 is 11.6 Å². The number of carbonyl (C=O) groups excluding carboxylic acids is 1. The Hall–Kier alpha value is -3.01. The minimum absolute atomic E-state index is 0.0271.